The topological polar surface area (TPSA) is 29.3 Å². The molecule has 0 bridgehead atoms. The molecule has 2 nitrogen and oxygen atoms in total. The summed E-state index contributed by atoms with van der Waals surface area (Å²) >= 11 is 0. The molecule has 0 saturated heterocycles. The van der Waals surface area contributed by atoms with Crippen molar-refractivity contribution in [1.82, 2.24) is 0 Å². The zero-order valence-electron chi connectivity index (χ0n) is 10.8. The number of hydrogen-bond donors (Lipinski definition) is 1. The molecule has 5 heteroatoms. The molecule has 0 fully saturated rings. The van der Waals surface area contributed by atoms with Gasteiger partial charge >= 0.3 is 6.18 Å². The summed E-state index contributed by atoms with van der Waals surface area (Å²) in [7, 11) is 0. The van der Waals surface area contributed by atoms with Gasteiger partial charge in [0.15, 0.2) is 0 Å². The molecule has 1 atom stereocenters. The van der Waals surface area contributed by atoms with Crippen LogP contribution in [-0.4, -0.2) is 25.8 Å². The minimum atomic E-state index is -4.23. The first-order valence-electron chi connectivity index (χ1n) is 6.62. The Bertz CT molecular complexity index is 417. The summed E-state index contributed by atoms with van der Waals surface area (Å²) in [5.74, 6) is -1.46. The van der Waals surface area contributed by atoms with Crippen LogP contribution >= 0.6 is 0 Å². The minimum Gasteiger partial charge on any atom is -0.371 e. The first-order chi connectivity index (χ1) is 9.02. The van der Waals surface area contributed by atoms with Crippen molar-refractivity contribution in [2.45, 2.75) is 25.4 Å². The third-order valence-corrected chi connectivity index (χ3v) is 3.64. The predicted octanol–water partition coefficient (Wildman–Crippen LogP) is 2.97. The molecule has 0 amide bonds. The summed E-state index contributed by atoms with van der Waals surface area (Å²) in [4.78, 5) is 1.84. The average molecular weight is 272 g/mol. The molecule has 19 heavy (non-hydrogen) atoms. The first-order valence-corrected chi connectivity index (χ1v) is 6.62. The Morgan fingerprint density at radius 2 is 1.95 bits per heavy atom. The Kier molecular flexibility index (Phi) is 4.34. The first kappa shape index (κ1) is 14.2. The van der Waals surface area contributed by atoms with Gasteiger partial charge in [-0.05, 0) is 30.9 Å². The average Bonchev–Trinajstić information content (AvgIpc) is 2.57. The molecule has 1 aromatic rings. The van der Waals surface area contributed by atoms with Gasteiger partial charge in [-0.2, -0.15) is 13.2 Å². The van der Waals surface area contributed by atoms with Crippen LogP contribution < -0.4 is 10.6 Å². The van der Waals surface area contributed by atoms with E-state index in [1.54, 1.807) is 0 Å². The summed E-state index contributed by atoms with van der Waals surface area (Å²) < 4.78 is 38.5. The monoisotopic (exact) mass is 272 g/mol. The highest BCUT2D eigenvalue weighted by Gasteiger charge is 2.39. The quantitative estimate of drug-likeness (QED) is 0.916. The van der Waals surface area contributed by atoms with E-state index in [1.807, 2.05) is 29.2 Å². The van der Waals surface area contributed by atoms with Crippen molar-refractivity contribution in [3.8, 4) is 0 Å². The van der Waals surface area contributed by atoms with Gasteiger partial charge in [0, 0.05) is 25.3 Å². The molecule has 1 heterocycles. The fourth-order valence-corrected chi connectivity index (χ4v) is 2.54. The van der Waals surface area contributed by atoms with E-state index in [0.717, 1.165) is 30.5 Å². The normalized spacial score (nSPS) is 17.8. The number of fused-ring (bicyclic) bond motifs is 1. The molecule has 0 spiro atoms. The molecular weight excluding hydrogens is 253 g/mol. The summed E-state index contributed by atoms with van der Waals surface area (Å²) in [6, 6.07) is 7.72. The van der Waals surface area contributed by atoms with Crippen LogP contribution in [0.25, 0.3) is 0 Å². The SMILES string of the molecule is NCC(CN1CCCCc2ccccc21)C(F)(F)F. The zero-order valence-corrected chi connectivity index (χ0v) is 10.8. The van der Waals surface area contributed by atoms with Crippen LogP contribution in [0.3, 0.4) is 0 Å². The smallest absolute Gasteiger partial charge is 0.371 e. The van der Waals surface area contributed by atoms with Crippen LogP contribution in [0.4, 0.5) is 18.9 Å². The van der Waals surface area contributed by atoms with Crippen molar-refractivity contribution in [2.75, 3.05) is 24.5 Å². The van der Waals surface area contributed by atoms with Crippen LogP contribution in [0, 0.1) is 5.92 Å². The molecule has 2 rings (SSSR count). The third-order valence-electron chi connectivity index (χ3n) is 3.64. The van der Waals surface area contributed by atoms with Crippen molar-refractivity contribution < 1.29 is 13.2 Å². The maximum atomic E-state index is 12.8. The van der Waals surface area contributed by atoms with Gasteiger partial charge in [0.1, 0.15) is 0 Å². The number of rotatable bonds is 3. The lowest BCUT2D eigenvalue weighted by atomic mass is 10.1. The summed E-state index contributed by atoms with van der Waals surface area (Å²) in [5.41, 5.74) is 7.36. The number of nitrogens with zero attached hydrogens (tertiary/aromatic N) is 1. The van der Waals surface area contributed by atoms with E-state index in [0.29, 0.717) is 6.54 Å². The fraction of sp³-hybridized carbons (Fsp3) is 0.571. The third kappa shape index (κ3) is 3.41. The van der Waals surface area contributed by atoms with Gasteiger partial charge in [0.2, 0.25) is 0 Å². The van der Waals surface area contributed by atoms with Gasteiger partial charge in [-0.25, -0.2) is 0 Å². The van der Waals surface area contributed by atoms with Crippen LogP contribution in [0.5, 0.6) is 0 Å². The zero-order chi connectivity index (χ0) is 13.9. The molecule has 0 aromatic heterocycles. The Labute approximate surface area is 111 Å². The van der Waals surface area contributed by atoms with Crippen molar-refractivity contribution in [2.24, 2.45) is 11.7 Å². The van der Waals surface area contributed by atoms with Gasteiger partial charge < -0.3 is 10.6 Å². The van der Waals surface area contributed by atoms with E-state index in [1.165, 1.54) is 0 Å². The predicted molar refractivity (Wildman–Crippen MR) is 70.2 cm³/mol. The molecule has 0 radical (unpaired) electrons. The number of hydrogen-bond acceptors (Lipinski definition) is 2. The van der Waals surface area contributed by atoms with E-state index >= 15 is 0 Å². The van der Waals surface area contributed by atoms with E-state index in [9.17, 15) is 13.2 Å². The molecule has 2 N–H and O–H groups in total. The van der Waals surface area contributed by atoms with E-state index in [2.05, 4.69) is 0 Å². The van der Waals surface area contributed by atoms with E-state index < -0.39 is 12.1 Å². The molecule has 106 valence electrons. The summed E-state index contributed by atoms with van der Waals surface area (Å²) in [6.45, 7) is 0.267. The second-order valence-corrected chi connectivity index (χ2v) is 5.01. The standard InChI is InChI=1S/C14H19F3N2/c15-14(16,17)12(9-18)10-19-8-4-3-6-11-5-1-2-7-13(11)19/h1-2,5,7,12H,3-4,6,8-10,18H2. The molecular formula is C14H19F3N2. The molecule has 0 saturated carbocycles. The van der Waals surface area contributed by atoms with Crippen LogP contribution in [0.1, 0.15) is 18.4 Å². The summed E-state index contributed by atoms with van der Waals surface area (Å²) in [6.07, 6.45) is -1.35. The number of aryl methyl sites for hydroxylation is 1. The fourth-order valence-electron chi connectivity index (χ4n) is 2.54. The number of anilines is 1. The number of alkyl halides is 3. The van der Waals surface area contributed by atoms with Gasteiger partial charge in [-0.3, -0.25) is 0 Å². The molecule has 1 unspecified atom stereocenters. The highest BCUT2D eigenvalue weighted by Crippen LogP contribution is 2.31. The second kappa shape index (κ2) is 5.82. The Balaban J connectivity index is 2.20. The number of para-hydroxylation sites is 1. The van der Waals surface area contributed by atoms with Crippen molar-refractivity contribution in [3.63, 3.8) is 0 Å². The lowest BCUT2D eigenvalue weighted by Crippen LogP contribution is -2.41. The van der Waals surface area contributed by atoms with Crippen molar-refractivity contribution in [1.29, 1.82) is 0 Å². The van der Waals surface area contributed by atoms with E-state index in [-0.39, 0.29) is 13.1 Å². The number of halogens is 3. The molecule has 0 aliphatic carbocycles. The summed E-state index contributed by atoms with van der Waals surface area (Å²) in [5, 5.41) is 0. The molecule has 1 aliphatic rings. The van der Waals surface area contributed by atoms with Gasteiger partial charge in [0.25, 0.3) is 0 Å². The Morgan fingerprint density at radius 3 is 2.63 bits per heavy atom. The Hall–Kier alpha value is -1.23. The highest BCUT2D eigenvalue weighted by molar-refractivity contribution is 5.54. The van der Waals surface area contributed by atoms with Crippen LogP contribution in [-0.2, 0) is 6.42 Å². The largest absolute Gasteiger partial charge is 0.394 e. The number of nitrogens with two attached hydrogens (primary N) is 1. The number of benzene rings is 1. The van der Waals surface area contributed by atoms with E-state index in [4.69, 9.17) is 5.73 Å². The van der Waals surface area contributed by atoms with Crippen LogP contribution in [0.15, 0.2) is 24.3 Å². The molecule has 1 aromatic carbocycles. The van der Waals surface area contributed by atoms with Crippen molar-refractivity contribution >= 4 is 5.69 Å². The Morgan fingerprint density at radius 1 is 1.21 bits per heavy atom. The van der Waals surface area contributed by atoms with Gasteiger partial charge in [-0.1, -0.05) is 18.2 Å². The minimum absolute atomic E-state index is 0.0446. The van der Waals surface area contributed by atoms with Gasteiger partial charge in [-0.15, -0.1) is 0 Å². The lowest BCUT2D eigenvalue weighted by Gasteiger charge is -2.30. The second-order valence-electron chi connectivity index (χ2n) is 5.01. The lowest BCUT2D eigenvalue weighted by molar-refractivity contribution is -0.169. The van der Waals surface area contributed by atoms with Crippen molar-refractivity contribution in [3.05, 3.63) is 29.8 Å². The van der Waals surface area contributed by atoms with Gasteiger partial charge in [0.05, 0.1) is 5.92 Å². The highest BCUT2D eigenvalue weighted by atomic mass is 19.4. The maximum absolute atomic E-state index is 12.8. The maximum Gasteiger partial charge on any atom is 0.394 e. The van der Waals surface area contributed by atoms with Crippen LogP contribution in [0.2, 0.25) is 0 Å². The molecule has 1 aliphatic heterocycles.